The smallest absolute Gasteiger partial charge is 0.273 e. The zero-order valence-electron chi connectivity index (χ0n) is 10.3. The lowest BCUT2D eigenvalue weighted by Gasteiger charge is -2.03. The van der Waals surface area contributed by atoms with Crippen LogP contribution in [-0.4, -0.2) is 51.5 Å². The molecule has 1 rings (SSSR count). The van der Waals surface area contributed by atoms with Gasteiger partial charge in [-0.3, -0.25) is 9.89 Å². The number of aromatic amines is 1. The van der Waals surface area contributed by atoms with Gasteiger partial charge in [-0.25, -0.2) is 22.0 Å². The second-order valence-corrected chi connectivity index (χ2v) is 7.72. The average molecular weight is 310 g/mol. The van der Waals surface area contributed by atoms with Crippen LogP contribution in [0.1, 0.15) is 16.2 Å². The highest BCUT2D eigenvalue weighted by Gasteiger charge is 2.25. The van der Waals surface area contributed by atoms with Gasteiger partial charge in [-0.2, -0.15) is 5.10 Å². The summed E-state index contributed by atoms with van der Waals surface area (Å²) in [4.78, 5) is 11.3. The number of sulfone groups is 1. The topological polar surface area (TPSA) is 152 Å². The lowest BCUT2D eigenvalue weighted by Crippen LogP contribution is -2.30. The summed E-state index contributed by atoms with van der Waals surface area (Å²) in [5, 5.41) is 13.1. The van der Waals surface area contributed by atoms with Crippen LogP contribution in [0.2, 0.25) is 0 Å². The first-order chi connectivity index (χ1) is 8.52. The molecule has 0 saturated heterocycles. The molecule has 1 amide bonds. The van der Waals surface area contributed by atoms with Crippen LogP contribution in [0.3, 0.4) is 0 Å². The number of carbonyl (C=O) groups is 1. The van der Waals surface area contributed by atoms with Crippen molar-refractivity contribution in [3.63, 3.8) is 0 Å². The van der Waals surface area contributed by atoms with Gasteiger partial charge < -0.3 is 5.32 Å². The van der Waals surface area contributed by atoms with Crippen molar-refractivity contribution in [3.8, 4) is 0 Å². The van der Waals surface area contributed by atoms with E-state index in [1.54, 1.807) is 0 Å². The van der Waals surface area contributed by atoms with Crippen LogP contribution >= 0.6 is 0 Å². The van der Waals surface area contributed by atoms with E-state index < -0.39 is 30.7 Å². The zero-order valence-corrected chi connectivity index (χ0v) is 11.9. The summed E-state index contributed by atoms with van der Waals surface area (Å²) in [6.45, 7) is 1.26. The molecule has 1 heterocycles. The van der Waals surface area contributed by atoms with Crippen molar-refractivity contribution >= 4 is 25.8 Å². The molecule has 108 valence electrons. The van der Waals surface area contributed by atoms with Crippen LogP contribution in [0.4, 0.5) is 0 Å². The van der Waals surface area contributed by atoms with Crippen molar-refractivity contribution in [1.29, 1.82) is 0 Å². The third kappa shape index (κ3) is 4.29. The van der Waals surface area contributed by atoms with Crippen LogP contribution in [0.25, 0.3) is 0 Å². The Morgan fingerprint density at radius 2 is 1.95 bits per heavy atom. The predicted octanol–water partition coefficient (Wildman–Crippen LogP) is -1.86. The summed E-state index contributed by atoms with van der Waals surface area (Å²) < 4.78 is 44.4. The van der Waals surface area contributed by atoms with Crippen LogP contribution in [0.15, 0.2) is 4.90 Å². The number of hydrogen-bond donors (Lipinski definition) is 3. The van der Waals surface area contributed by atoms with Gasteiger partial charge in [0.1, 0.15) is 14.7 Å². The van der Waals surface area contributed by atoms with E-state index in [1.165, 1.54) is 6.92 Å². The normalized spacial score (nSPS) is 12.4. The van der Waals surface area contributed by atoms with E-state index in [4.69, 9.17) is 5.14 Å². The van der Waals surface area contributed by atoms with E-state index in [1.807, 2.05) is 0 Å². The average Bonchev–Trinajstić information content (AvgIpc) is 2.57. The van der Waals surface area contributed by atoms with Crippen LogP contribution < -0.4 is 10.5 Å². The Balaban J connectivity index is 2.91. The number of aromatic nitrogens is 2. The number of nitrogens with two attached hydrogens (primary N) is 1. The molecule has 9 nitrogen and oxygen atoms in total. The molecule has 0 fully saturated rings. The molecule has 0 aliphatic rings. The molecule has 0 aliphatic heterocycles. The fraction of sp³-hybridized carbons (Fsp3) is 0.500. The summed E-state index contributed by atoms with van der Waals surface area (Å²) in [5.74, 6) is -1.07. The van der Waals surface area contributed by atoms with Crippen molar-refractivity contribution in [3.05, 3.63) is 11.4 Å². The van der Waals surface area contributed by atoms with Crippen LogP contribution in [0, 0.1) is 6.92 Å². The Hall–Kier alpha value is -1.46. The molecular formula is C8H14N4O5S2. The third-order valence-corrected chi connectivity index (χ3v) is 4.16. The second kappa shape index (κ2) is 5.27. The number of nitrogens with zero attached hydrogens (tertiary/aromatic N) is 1. The molecule has 0 radical (unpaired) electrons. The Morgan fingerprint density at radius 3 is 2.42 bits per heavy atom. The van der Waals surface area contributed by atoms with Crippen molar-refractivity contribution in [2.24, 2.45) is 5.14 Å². The molecule has 0 aromatic carbocycles. The maximum absolute atomic E-state index is 11.7. The monoisotopic (exact) mass is 310 g/mol. The van der Waals surface area contributed by atoms with Gasteiger partial charge in [-0.05, 0) is 6.92 Å². The van der Waals surface area contributed by atoms with Crippen molar-refractivity contribution < 1.29 is 21.6 Å². The van der Waals surface area contributed by atoms with Crippen LogP contribution in [-0.2, 0) is 19.9 Å². The minimum absolute atomic E-state index is 0.135. The van der Waals surface area contributed by atoms with E-state index in [2.05, 4.69) is 15.5 Å². The summed E-state index contributed by atoms with van der Waals surface area (Å²) in [6.07, 6.45) is 1.02. The van der Waals surface area contributed by atoms with Crippen molar-refractivity contribution in [2.75, 3.05) is 18.6 Å². The molecule has 1 aromatic heterocycles. The van der Waals surface area contributed by atoms with Crippen molar-refractivity contribution in [1.82, 2.24) is 15.5 Å². The molecule has 19 heavy (non-hydrogen) atoms. The minimum atomic E-state index is -4.09. The van der Waals surface area contributed by atoms with Gasteiger partial charge in [-0.15, -0.1) is 0 Å². The van der Waals surface area contributed by atoms with Crippen molar-refractivity contribution in [2.45, 2.75) is 11.8 Å². The zero-order chi connectivity index (χ0) is 14.8. The van der Waals surface area contributed by atoms with Gasteiger partial charge in [0.15, 0.2) is 5.69 Å². The SMILES string of the molecule is Cc1[nH]nc(C(=O)NCCS(C)(=O)=O)c1S(N)(=O)=O. The van der Waals surface area contributed by atoms with Gasteiger partial charge in [0, 0.05) is 12.8 Å². The van der Waals surface area contributed by atoms with E-state index in [9.17, 15) is 21.6 Å². The van der Waals surface area contributed by atoms with Gasteiger partial charge in [0.25, 0.3) is 5.91 Å². The number of carbonyl (C=O) groups excluding carboxylic acids is 1. The first-order valence-corrected chi connectivity index (χ1v) is 8.67. The molecule has 4 N–H and O–H groups in total. The summed E-state index contributed by atoms with van der Waals surface area (Å²) in [5.41, 5.74) is -0.246. The Labute approximate surface area is 110 Å². The van der Waals surface area contributed by atoms with E-state index >= 15 is 0 Å². The minimum Gasteiger partial charge on any atom is -0.350 e. The Bertz CT molecular complexity index is 689. The summed E-state index contributed by atoms with van der Waals surface area (Å²) >= 11 is 0. The molecule has 1 aromatic rings. The third-order valence-electron chi connectivity index (χ3n) is 2.15. The van der Waals surface area contributed by atoms with Gasteiger partial charge in [-0.1, -0.05) is 0 Å². The largest absolute Gasteiger partial charge is 0.350 e. The van der Waals surface area contributed by atoms with Gasteiger partial charge in [0.2, 0.25) is 10.0 Å². The van der Waals surface area contributed by atoms with E-state index in [-0.39, 0.29) is 23.7 Å². The number of primary sulfonamides is 1. The predicted molar refractivity (Wildman–Crippen MR) is 66.7 cm³/mol. The molecule has 11 heteroatoms. The molecular weight excluding hydrogens is 296 g/mol. The number of aryl methyl sites for hydroxylation is 1. The quantitative estimate of drug-likeness (QED) is 0.580. The fourth-order valence-electron chi connectivity index (χ4n) is 1.35. The Morgan fingerprint density at radius 1 is 1.37 bits per heavy atom. The number of hydrogen-bond acceptors (Lipinski definition) is 6. The number of nitrogens with one attached hydrogen (secondary N) is 2. The number of H-pyrrole nitrogens is 1. The molecule has 0 bridgehead atoms. The number of amides is 1. The van der Waals surface area contributed by atoms with Gasteiger partial charge in [0.05, 0.1) is 11.4 Å². The molecule has 0 unspecified atom stereocenters. The summed E-state index contributed by atoms with van der Waals surface area (Å²) in [6, 6.07) is 0. The molecule has 0 aliphatic carbocycles. The first kappa shape index (κ1) is 15.6. The van der Waals surface area contributed by atoms with Gasteiger partial charge >= 0.3 is 0 Å². The maximum atomic E-state index is 11.7. The Kier molecular flexibility index (Phi) is 4.32. The highest BCUT2D eigenvalue weighted by atomic mass is 32.2. The molecule has 0 atom stereocenters. The van der Waals surface area contributed by atoms with E-state index in [0.717, 1.165) is 6.26 Å². The highest BCUT2D eigenvalue weighted by Crippen LogP contribution is 2.15. The second-order valence-electron chi connectivity index (χ2n) is 3.96. The maximum Gasteiger partial charge on any atom is 0.273 e. The number of rotatable bonds is 5. The molecule has 0 spiro atoms. The lowest BCUT2D eigenvalue weighted by atomic mass is 10.3. The molecule has 0 saturated carbocycles. The first-order valence-electron chi connectivity index (χ1n) is 5.06. The highest BCUT2D eigenvalue weighted by molar-refractivity contribution is 7.90. The van der Waals surface area contributed by atoms with Crippen LogP contribution in [0.5, 0.6) is 0 Å². The fourth-order valence-corrected chi connectivity index (χ4v) is 2.71. The lowest BCUT2D eigenvalue weighted by molar-refractivity contribution is 0.0948. The standard InChI is InChI=1S/C8H14N4O5S2/c1-5-7(19(9,16)17)6(12-11-5)8(13)10-3-4-18(2,14)15/h3-4H2,1-2H3,(H,10,13)(H,11,12)(H2,9,16,17). The van der Waals surface area contributed by atoms with E-state index in [0.29, 0.717) is 0 Å². The summed E-state index contributed by atoms with van der Waals surface area (Å²) in [7, 11) is -7.31. The number of sulfonamides is 1.